The third-order valence-corrected chi connectivity index (χ3v) is 6.85. The number of aromatic nitrogens is 6. The normalized spacial score (nSPS) is 11.4. The highest BCUT2D eigenvalue weighted by Crippen LogP contribution is 2.36. The van der Waals surface area contributed by atoms with Gasteiger partial charge in [-0.25, -0.2) is 4.52 Å². The average molecular weight is 579 g/mol. The number of hydrogen-bond donors (Lipinski definition) is 1. The lowest BCUT2D eigenvalue weighted by Gasteiger charge is -2.12. The van der Waals surface area contributed by atoms with Gasteiger partial charge in [-0.05, 0) is 35.4 Å². The highest BCUT2D eigenvalue weighted by Gasteiger charge is 2.34. The number of alkyl halides is 3. The van der Waals surface area contributed by atoms with Crippen molar-refractivity contribution in [3.8, 4) is 39.6 Å². The fourth-order valence-corrected chi connectivity index (χ4v) is 4.84. The number of fused-ring (bicyclic) bond motifs is 1. The summed E-state index contributed by atoms with van der Waals surface area (Å²) in [5, 5.41) is 20.3. The van der Waals surface area contributed by atoms with Crippen LogP contribution in [0.4, 0.5) is 18.9 Å². The summed E-state index contributed by atoms with van der Waals surface area (Å²) in [5.74, 6) is -0.491. The zero-order chi connectivity index (χ0) is 30.1. The minimum absolute atomic E-state index is 0.0403. The molecule has 43 heavy (non-hydrogen) atoms. The Morgan fingerprint density at radius 2 is 1.74 bits per heavy atom. The van der Waals surface area contributed by atoms with E-state index in [0.29, 0.717) is 11.3 Å². The van der Waals surface area contributed by atoms with Crippen molar-refractivity contribution < 1.29 is 18.0 Å². The van der Waals surface area contributed by atoms with Crippen LogP contribution in [0.5, 0.6) is 0 Å². The number of nitrogens with zero attached hydrogens (tertiary/aromatic N) is 7. The van der Waals surface area contributed by atoms with Crippen molar-refractivity contribution in [1.82, 2.24) is 29.4 Å². The molecule has 6 rings (SSSR count). The molecule has 0 spiro atoms. The Bertz CT molecular complexity index is 2010. The van der Waals surface area contributed by atoms with Gasteiger partial charge in [0.2, 0.25) is 5.91 Å². The van der Waals surface area contributed by atoms with E-state index in [2.05, 4.69) is 25.5 Å². The Hall–Kier alpha value is -5.83. The van der Waals surface area contributed by atoms with E-state index in [0.717, 1.165) is 45.5 Å². The number of carbonyl (C=O) groups excluding carboxylic acids is 1. The first-order chi connectivity index (χ1) is 20.7. The molecule has 0 aliphatic heterocycles. The van der Waals surface area contributed by atoms with Gasteiger partial charge in [-0.2, -0.15) is 28.6 Å². The topological polar surface area (TPSA) is 114 Å². The van der Waals surface area contributed by atoms with Gasteiger partial charge in [0.25, 0.3) is 0 Å². The van der Waals surface area contributed by atoms with Crippen LogP contribution in [0, 0.1) is 11.3 Å². The van der Waals surface area contributed by atoms with Crippen LogP contribution < -0.4 is 5.32 Å². The second kappa shape index (κ2) is 10.9. The van der Waals surface area contributed by atoms with Crippen LogP contribution in [0.1, 0.15) is 16.7 Å². The molecule has 0 aliphatic carbocycles. The third-order valence-electron chi connectivity index (χ3n) is 6.85. The van der Waals surface area contributed by atoms with Crippen LogP contribution in [0.25, 0.3) is 39.0 Å². The quantitative estimate of drug-likeness (QED) is 0.262. The summed E-state index contributed by atoms with van der Waals surface area (Å²) < 4.78 is 43.4. The van der Waals surface area contributed by atoms with E-state index in [-0.39, 0.29) is 12.1 Å². The fourth-order valence-electron chi connectivity index (χ4n) is 4.84. The van der Waals surface area contributed by atoms with Crippen LogP contribution >= 0.6 is 0 Å². The molecule has 0 atom stereocenters. The second-order valence-electron chi connectivity index (χ2n) is 9.78. The Balaban J connectivity index is 1.28. The van der Waals surface area contributed by atoms with Crippen molar-refractivity contribution >= 4 is 17.1 Å². The maximum atomic E-state index is 13.3. The number of rotatable bonds is 6. The van der Waals surface area contributed by atoms with Gasteiger partial charge in [0.15, 0.2) is 0 Å². The molecule has 0 aliphatic rings. The van der Waals surface area contributed by atoms with Gasteiger partial charge < -0.3 is 5.32 Å². The molecular formula is C31H21F3N8O. The molecule has 6 aromatic rings. The van der Waals surface area contributed by atoms with Crippen molar-refractivity contribution in [3.63, 3.8) is 0 Å². The number of hydrogen-bond acceptors (Lipinski definition) is 6. The summed E-state index contributed by atoms with van der Waals surface area (Å²) in [4.78, 5) is 21.4. The van der Waals surface area contributed by atoms with Gasteiger partial charge in [-0.15, -0.1) is 0 Å². The predicted octanol–water partition coefficient (Wildman–Crippen LogP) is 5.93. The van der Waals surface area contributed by atoms with E-state index < -0.39 is 23.2 Å². The summed E-state index contributed by atoms with van der Waals surface area (Å²) in [7, 11) is 1.85. The number of halogens is 3. The first-order valence-electron chi connectivity index (χ1n) is 13.0. The van der Waals surface area contributed by atoms with E-state index in [4.69, 9.17) is 5.26 Å². The monoisotopic (exact) mass is 578 g/mol. The summed E-state index contributed by atoms with van der Waals surface area (Å²) in [6.45, 7) is 0. The molecular weight excluding hydrogens is 557 g/mol. The Labute approximate surface area is 242 Å². The highest BCUT2D eigenvalue weighted by molar-refractivity contribution is 5.94. The maximum Gasteiger partial charge on any atom is 0.417 e. The maximum absolute atomic E-state index is 13.3. The van der Waals surface area contributed by atoms with Crippen LogP contribution in [0.2, 0.25) is 0 Å². The third kappa shape index (κ3) is 5.56. The molecule has 0 saturated heterocycles. The van der Waals surface area contributed by atoms with Gasteiger partial charge in [-0.3, -0.25) is 19.4 Å². The number of amides is 1. The minimum atomic E-state index is -4.72. The van der Waals surface area contributed by atoms with Crippen LogP contribution in [0.15, 0.2) is 91.9 Å². The van der Waals surface area contributed by atoms with Crippen molar-refractivity contribution in [2.75, 3.05) is 5.32 Å². The lowest BCUT2D eigenvalue weighted by atomic mass is 9.99. The van der Waals surface area contributed by atoms with Gasteiger partial charge in [-0.1, -0.05) is 24.3 Å². The van der Waals surface area contributed by atoms with E-state index in [1.807, 2.05) is 37.6 Å². The molecule has 2 aromatic carbocycles. The molecule has 12 heteroatoms. The highest BCUT2D eigenvalue weighted by atomic mass is 19.4. The van der Waals surface area contributed by atoms with Crippen LogP contribution in [-0.2, 0) is 24.4 Å². The van der Waals surface area contributed by atoms with E-state index >= 15 is 0 Å². The number of benzene rings is 2. The lowest BCUT2D eigenvalue weighted by molar-refractivity contribution is -0.137. The molecule has 4 aromatic heterocycles. The van der Waals surface area contributed by atoms with Crippen molar-refractivity contribution in [3.05, 3.63) is 109 Å². The minimum Gasteiger partial charge on any atom is -0.326 e. The van der Waals surface area contributed by atoms with E-state index in [1.165, 1.54) is 12.1 Å². The fraction of sp³-hybridized carbons (Fsp3) is 0.0968. The van der Waals surface area contributed by atoms with E-state index in [9.17, 15) is 18.0 Å². The smallest absolute Gasteiger partial charge is 0.326 e. The molecule has 1 amide bonds. The largest absolute Gasteiger partial charge is 0.417 e. The Morgan fingerprint density at radius 3 is 2.42 bits per heavy atom. The zero-order valence-electron chi connectivity index (χ0n) is 22.5. The molecule has 212 valence electrons. The summed E-state index contributed by atoms with van der Waals surface area (Å²) in [5.41, 5.74) is 4.84. The second-order valence-corrected chi connectivity index (χ2v) is 9.78. The summed E-state index contributed by atoms with van der Waals surface area (Å²) >= 11 is 0. The molecule has 0 radical (unpaired) electrons. The first kappa shape index (κ1) is 27.3. The molecule has 0 unspecified atom stereocenters. The molecule has 9 nitrogen and oxygen atoms in total. The summed E-state index contributed by atoms with van der Waals surface area (Å²) in [6.07, 6.45) is 7.51. The van der Waals surface area contributed by atoms with Gasteiger partial charge >= 0.3 is 6.18 Å². The average Bonchev–Trinajstić information content (AvgIpc) is 3.63. The predicted molar refractivity (Wildman–Crippen MR) is 152 cm³/mol. The van der Waals surface area contributed by atoms with Crippen molar-refractivity contribution in [2.24, 2.45) is 7.05 Å². The molecule has 4 heterocycles. The number of pyridine rings is 1. The number of nitriles is 1. The number of aryl methyl sites for hydroxylation is 1. The van der Waals surface area contributed by atoms with Gasteiger partial charge in [0.05, 0.1) is 53.4 Å². The zero-order valence-corrected chi connectivity index (χ0v) is 22.5. The van der Waals surface area contributed by atoms with Crippen LogP contribution in [-0.4, -0.2) is 35.3 Å². The molecule has 1 N–H and O–H groups in total. The summed E-state index contributed by atoms with van der Waals surface area (Å²) in [6, 6.07) is 13.9. The molecule has 0 saturated carbocycles. The SMILES string of the molecule is Cn1cc(-c2cc(-c3cnccn3)c3c(-c4ccc(CC(=O)Nc5ccc(C#N)c(C(F)(F)F)c5)cc4)cnn3c2)cn1. The number of nitrogens with one attached hydrogen (secondary N) is 1. The lowest BCUT2D eigenvalue weighted by Crippen LogP contribution is -2.16. The standard InChI is InChI=1S/C31H21F3N8O/c1-41-17-23(14-38-41)22-11-25(28-16-36-8-9-37-28)30-26(15-39-42(30)18-22)20-4-2-19(3-5-20)10-29(43)40-24-7-6-21(13-35)27(12-24)31(32,33)34/h2-9,11-12,14-18H,10H2,1H3,(H,40,43). The molecule has 0 bridgehead atoms. The number of carbonyl (C=O) groups is 1. The van der Waals surface area contributed by atoms with Crippen LogP contribution in [0.3, 0.4) is 0 Å². The van der Waals surface area contributed by atoms with E-state index in [1.54, 1.807) is 52.3 Å². The van der Waals surface area contributed by atoms with Crippen molar-refractivity contribution in [2.45, 2.75) is 12.6 Å². The first-order valence-corrected chi connectivity index (χ1v) is 13.0. The van der Waals surface area contributed by atoms with Gasteiger partial charge in [0.1, 0.15) is 0 Å². The van der Waals surface area contributed by atoms with Crippen molar-refractivity contribution in [1.29, 1.82) is 5.26 Å². The Morgan fingerprint density at radius 1 is 0.930 bits per heavy atom. The molecule has 0 fully saturated rings. The Kier molecular flexibility index (Phi) is 6.91. The number of anilines is 1. The van der Waals surface area contributed by atoms with Gasteiger partial charge in [0, 0.05) is 59.8 Å².